The van der Waals surface area contributed by atoms with Crippen molar-refractivity contribution in [2.75, 3.05) is 6.54 Å². The van der Waals surface area contributed by atoms with Gasteiger partial charge < -0.3 is 9.73 Å². The molecular formula is C16H13BrN2O2S. The van der Waals surface area contributed by atoms with Gasteiger partial charge in [-0.25, -0.2) is 4.98 Å². The quantitative estimate of drug-likeness (QED) is 0.727. The van der Waals surface area contributed by atoms with Gasteiger partial charge in [0.25, 0.3) is 5.91 Å². The number of nitrogens with one attached hydrogen (secondary N) is 1. The Morgan fingerprint density at radius 3 is 2.77 bits per heavy atom. The van der Waals surface area contributed by atoms with Gasteiger partial charge in [0.1, 0.15) is 10.6 Å². The fourth-order valence-corrected chi connectivity index (χ4v) is 3.47. The van der Waals surface area contributed by atoms with Crippen LogP contribution < -0.4 is 5.32 Å². The highest BCUT2D eigenvalue weighted by Gasteiger charge is 2.18. The lowest BCUT2D eigenvalue weighted by Crippen LogP contribution is -2.25. The molecule has 6 heteroatoms. The van der Waals surface area contributed by atoms with E-state index in [0.717, 1.165) is 11.3 Å². The average Bonchev–Trinajstić information content (AvgIpc) is 3.17. The molecule has 3 rings (SSSR count). The molecule has 0 radical (unpaired) electrons. The number of carbonyl (C=O) groups is 1. The van der Waals surface area contributed by atoms with Crippen molar-refractivity contribution in [2.45, 2.75) is 6.42 Å². The monoisotopic (exact) mass is 376 g/mol. The molecule has 0 spiro atoms. The summed E-state index contributed by atoms with van der Waals surface area (Å²) in [5.74, 6) is 0.739. The molecule has 2 aromatic heterocycles. The van der Waals surface area contributed by atoms with Crippen molar-refractivity contribution in [3.63, 3.8) is 0 Å². The first kappa shape index (κ1) is 15.0. The first-order chi connectivity index (χ1) is 10.7. The molecular weight excluding hydrogens is 364 g/mol. The zero-order valence-corrected chi connectivity index (χ0v) is 14.0. The minimum absolute atomic E-state index is 0.117. The second kappa shape index (κ2) is 6.89. The highest BCUT2D eigenvalue weighted by atomic mass is 79.9. The van der Waals surface area contributed by atoms with Crippen molar-refractivity contribution in [3.05, 3.63) is 63.3 Å². The van der Waals surface area contributed by atoms with E-state index in [1.54, 1.807) is 6.26 Å². The molecule has 0 aliphatic carbocycles. The highest BCUT2D eigenvalue weighted by molar-refractivity contribution is 9.11. The molecule has 0 fully saturated rings. The number of halogens is 1. The zero-order valence-electron chi connectivity index (χ0n) is 11.6. The van der Waals surface area contributed by atoms with Gasteiger partial charge in [-0.2, -0.15) is 0 Å². The molecule has 22 heavy (non-hydrogen) atoms. The fraction of sp³-hybridized carbons (Fsp3) is 0.125. The summed E-state index contributed by atoms with van der Waals surface area (Å²) in [6, 6.07) is 13.4. The molecule has 3 aromatic rings. The van der Waals surface area contributed by atoms with Gasteiger partial charge in [-0.3, -0.25) is 4.79 Å². The Morgan fingerprint density at radius 2 is 2.05 bits per heavy atom. The van der Waals surface area contributed by atoms with E-state index in [1.807, 2.05) is 42.5 Å². The topological polar surface area (TPSA) is 55.1 Å². The van der Waals surface area contributed by atoms with E-state index in [0.29, 0.717) is 27.5 Å². The Labute approximate surface area is 140 Å². The van der Waals surface area contributed by atoms with Crippen LogP contribution in [0.4, 0.5) is 0 Å². The third-order valence-corrected chi connectivity index (χ3v) is 4.60. The van der Waals surface area contributed by atoms with Crippen LogP contribution in [0.2, 0.25) is 0 Å². The number of nitrogens with zero attached hydrogens (tertiary/aromatic N) is 1. The van der Waals surface area contributed by atoms with Crippen LogP contribution in [0.15, 0.2) is 57.1 Å². The van der Waals surface area contributed by atoms with E-state index in [4.69, 9.17) is 4.42 Å². The van der Waals surface area contributed by atoms with E-state index in [1.165, 1.54) is 11.3 Å². The van der Waals surface area contributed by atoms with Gasteiger partial charge in [-0.05, 0) is 28.1 Å². The molecule has 112 valence electrons. The maximum Gasteiger partial charge on any atom is 0.263 e. The Hall–Kier alpha value is -1.92. The van der Waals surface area contributed by atoms with Crippen molar-refractivity contribution in [2.24, 2.45) is 0 Å². The van der Waals surface area contributed by atoms with Crippen LogP contribution in [0.3, 0.4) is 0 Å². The van der Waals surface area contributed by atoms with Gasteiger partial charge in [0.15, 0.2) is 3.92 Å². The summed E-state index contributed by atoms with van der Waals surface area (Å²) in [5.41, 5.74) is 1.63. The number of carbonyl (C=O) groups excluding carboxylic acids is 1. The molecule has 0 aliphatic rings. The number of amides is 1. The minimum Gasteiger partial charge on any atom is -0.469 e. The molecule has 1 amide bonds. The van der Waals surface area contributed by atoms with Crippen LogP contribution in [-0.4, -0.2) is 17.4 Å². The molecule has 0 unspecified atom stereocenters. The number of hydrogen-bond donors (Lipinski definition) is 1. The maximum atomic E-state index is 12.4. The molecule has 0 saturated heterocycles. The minimum atomic E-state index is -0.117. The number of aromatic nitrogens is 1. The van der Waals surface area contributed by atoms with Gasteiger partial charge >= 0.3 is 0 Å². The van der Waals surface area contributed by atoms with Gasteiger partial charge in [0.05, 0.1) is 12.0 Å². The lowest BCUT2D eigenvalue weighted by atomic mass is 10.1. The highest BCUT2D eigenvalue weighted by Crippen LogP contribution is 2.30. The van der Waals surface area contributed by atoms with Crippen molar-refractivity contribution in [1.82, 2.24) is 10.3 Å². The van der Waals surface area contributed by atoms with Crippen LogP contribution in [0.25, 0.3) is 11.3 Å². The first-order valence-electron chi connectivity index (χ1n) is 6.76. The predicted octanol–water partition coefficient (Wildman–Crippen LogP) is 4.14. The van der Waals surface area contributed by atoms with Crippen molar-refractivity contribution in [1.29, 1.82) is 0 Å². The largest absolute Gasteiger partial charge is 0.469 e. The van der Waals surface area contributed by atoms with Crippen LogP contribution >= 0.6 is 27.3 Å². The van der Waals surface area contributed by atoms with Gasteiger partial charge in [-0.1, -0.05) is 30.3 Å². The van der Waals surface area contributed by atoms with Gasteiger partial charge in [0.2, 0.25) is 0 Å². The van der Waals surface area contributed by atoms with Crippen LogP contribution in [-0.2, 0) is 6.42 Å². The Balaban J connectivity index is 1.72. The van der Waals surface area contributed by atoms with Crippen LogP contribution in [0.5, 0.6) is 0 Å². The second-order valence-corrected chi connectivity index (χ2v) is 6.87. The van der Waals surface area contributed by atoms with Crippen LogP contribution in [0, 0.1) is 0 Å². The predicted molar refractivity (Wildman–Crippen MR) is 90.0 cm³/mol. The average molecular weight is 377 g/mol. The Morgan fingerprint density at radius 1 is 1.23 bits per heavy atom. The number of furan rings is 1. The summed E-state index contributed by atoms with van der Waals surface area (Å²) in [4.78, 5) is 17.4. The number of rotatable bonds is 5. The van der Waals surface area contributed by atoms with E-state index < -0.39 is 0 Å². The summed E-state index contributed by atoms with van der Waals surface area (Å²) in [7, 11) is 0. The summed E-state index contributed by atoms with van der Waals surface area (Å²) in [6.07, 6.45) is 2.30. The molecule has 0 atom stereocenters. The van der Waals surface area contributed by atoms with Crippen LogP contribution in [0.1, 0.15) is 15.4 Å². The van der Waals surface area contributed by atoms with Crippen molar-refractivity contribution in [3.8, 4) is 11.3 Å². The fourth-order valence-electron chi connectivity index (χ4n) is 2.07. The number of benzene rings is 1. The number of hydrogen-bond acceptors (Lipinski definition) is 4. The molecule has 0 aliphatic heterocycles. The van der Waals surface area contributed by atoms with Crippen molar-refractivity contribution < 1.29 is 9.21 Å². The summed E-state index contributed by atoms with van der Waals surface area (Å²) in [6.45, 7) is 0.524. The molecule has 0 bridgehead atoms. The van der Waals surface area contributed by atoms with E-state index in [2.05, 4.69) is 26.2 Å². The van der Waals surface area contributed by atoms with E-state index in [-0.39, 0.29) is 5.91 Å². The normalized spacial score (nSPS) is 10.6. The maximum absolute atomic E-state index is 12.4. The first-order valence-corrected chi connectivity index (χ1v) is 8.37. The molecule has 4 nitrogen and oxygen atoms in total. The third-order valence-electron chi connectivity index (χ3n) is 3.09. The molecule has 1 aromatic carbocycles. The second-order valence-electron chi connectivity index (χ2n) is 4.60. The van der Waals surface area contributed by atoms with Gasteiger partial charge in [0, 0.05) is 18.5 Å². The van der Waals surface area contributed by atoms with E-state index in [9.17, 15) is 4.79 Å². The Kier molecular flexibility index (Phi) is 4.70. The summed E-state index contributed by atoms with van der Waals surface area (Å²) < 4.78 is 5.95. The standard InChI is InChI=1S/C16H13BrN2O2S/c17-16-19-13(11-5-2-1-3-6-11)14(22-16)15(20)18-9-8-12-7-4-10-21-12/h1-7,10H,8-9H2,(H,18,20). The lowest BCUT2D eigenvalue weighted by molar-refractivity contribution is 0.0958. The SMILES string of the molecule is O=C(NCCc1ccco1)c1sc(Br)nc1-c1ccccc1. The third kappa shape index (κ3) is 3.45. The molecule has 1 N–H and O–H groups in total. The van der Waals surface area contributed by atoms with E-state index >= 15 is 0 Å². The molecule has 2 heterocycles. The molecule has 0 saturated carbocycles. The van der Waals surface area contributed by atoms with Crippen molar-refractivity contribution >= 4 is 33.2 Å². The lowest BCUT2D eigenvalue weighted by Gasteiger charge is -2.04. The summed E-state index contributed by atoms with van der Waals surface area (Å²) >= 11 is 4.70. The Bertz CT molecular complexity index is 754. The zero-order chi connectivity index (χ0) is 15.4. The van der Waals surface area contributed by atoms with Gasteiger partial charge in [-0.15, -0.1) is 11.3 Å². The summed E-state index contributed by atoms with van der Waals surface area (Å²) in [5, 5.41) is 2.91. The number of thiazole rings is 1. The smallest absolute Gasteiger partial charge is 0.263 e.